The Morgan fingerprint density at radius 3 is 2.56 bits per heavy atom. The van der Waals surface area contributed by atoms with E-state index < -0.39 is 0 Å². The van der Waals surface area contributed by atoms with Crippen molar-refractivity contribution in [1.29, 1.82) is 0 Å². The van der Waals surface area contributed by atoms with E-state index >= 15 is 0 Å². The summed E-state index contributed by atoms with van der Waals surface area (Å²) in [6.07, 6.45) is 10.6. The molecule has 94 valence electrons. The van der Waals surface area contributed by atoms with Gasteiger partial charge in [-0.3, -0.25) is 4.79 Å². The van der Waals surface area contributed by atoms with Crippen molar-refractivity contribution >= 4 is 5.97 Å². The van der Waals surface area contributed by atoms with Crippen LogP contribution in [0.1, 0.15) is 51.9 Å². The molecular weight excluding hydrogens is 204 g/mol. The van der Waals surface area contributed by atoms with Crippen molar-refractivity contribution in [2.45, 2.75) is 58.0 Å². The summed E-state index contributed by atoms with van der Waals surface area (Å²) in [6.45, 7) is 1.83. The van der Waals surface area contributed by atoms with E-state index in [1.54, 1.807) is 0 Å². The number of aliphatic hydroxyl groups excluding tert-OH is 1. The molecule has 0 aromatic rings. The second-order valence-electron chi connectivity index (χ2n) is 4.09. The molecule has 16 heavy (non-hydrogen) atoms. The Hall–Kier alpha value is -0.830. The van der Waals surface area contributed by atoms with Crippen LogP contribution in [-0.4, -0.2) is 24.3 Å². The SMILES string of the molecule is COC(=O)CC=CCCCCCCC(C)O. The molecule has 0 aliphatic rings. The molecule has 1 N–H and O–H groups in total. The molecule has 0 bridgehead atoms. The topological polar surface area (TPSA) is 46.5 Å². The first-order chi connectivity index (χ1) is 7.66. The fourth-order valence-electron chi connectivity index (χ4n) is 1.44. The highest BCUT2D eigenvalue weighted by Crippen LogP contribution is 2.07. The van der Waals surface area contributed by atoms with Gasteiger partial charge in [0.2, 0.25) is 0 Å². The summed E-state index contributed by atoms with van der Waals surface area (Å²) in [5, 5.41) is 9.05. The zero-order valence-corrected chi connectivity index (χ0v) is 10.4. The number of carbonyl (C=O) groups is 1. The van der Waals surface area contributed by atoms with Crippen LogP contribution < -0.4 is 0 Å². The lowest BCUT2D eigenvalue weighted by Gasteiger charge is -2.02. The number of ether oxygens (including phenoxy) is 1. The Bertz CT molecular complexity index is 197. The van der Waals surface area contributed by atoms with Gasteiger partial charge in [0, 0.05) is 0 Å². The average Bonchev–Trinajstić information content (AvgIpc) is 2.26. The Balaban J connectivity index is 3.17. The lowest BCUT2D eigenvalue weighted by molar-refractivity contribution is -0.139. The lowest BCUT2D eigenvalue weighted by atomic mass is 10.1. The molecule has 0 aromatic carbocycles. The fraction of sp³-hybridized carbons (Fsp3) is 0.769. The molecule has 0 amide bonds. The summed E-state index contributed by atoms with van der Waals surface area (Å²) in [6, 6.07) is 0. The maximum absolute atomic E-state index is 10.8. The molecule has 0 radical (unpaired) electrons. The van der Waals surface area contributed by atoms with E-state index in [-0.39, 0.29) is 12.1 Å². The quantitative estimate of drug-likeness (QED) is 0.375. The molecule has 0 saturated carbocycles. The summed E-state index contributed by atoms with van der Waals surface area (Å²) >= 11 is 0. The van der Waals surface area contributed by atoms with Crippen LogP contribution in [0.4, 0.5) is 0 Å². The molecule has 0 heterocycles. The van der Waals surface area contributed by atoms with Gasteiger partial charge in [0.05, 0.1) is 19.6 Å². The second kappa shape index (κ2) is 10.7. The monoisotopic (exact) mass is 228 g/mol. The number of aliphatic hydroxyl groups is 1. The van der Waals surface area contributed by atoms with Crippen LogP contribution in [0, 0.1) is 0 Å². The molecule has 0 fully saturated rings. The number of rotatable bonds is 9. The van der Waals surface area contributed by atoms with Gasteiger partial charge in [-0.2, -0.15) is 0 Å². The lowest BCUT2D eigenvalue weighted by Crippen LogP contribution is -1.98. The summed E-state index contributed by atoms with van der Waals surface area (Å²) in [5.74, 6) is -0.187. The van der Waals surface area contributed by atoms with Gasteiger partial charge >= 0.3 is 5.97 Å². The van der Waals surface area contributed by atoms with Crippen molar-refractivity contribution in [3.05, 3.63) is 12.2 Å². The molecule has 1 atom stereocenters. The van der Waals surface area contributed by atoms with Crippen LogP contribution in [0.15, 0.2) is 12.2 Å². The van der Waals surface area contributed by atoms with Crippen molar-refractivity contribution in [2.75, 3.05) is 7.11 Å². The molecule has 0 spiro atoms. The van der Waals surface area contributed by atoms with Crippen LogP contribution >= 0.6 is 0 Å². The van der Waals surface area contributed by atoms with Crippen LogP contribution in [0.2, 0.25) is 0 Å². The van der Waals surface area contributed by atoms with Gasteiger partial charge in [-0.1, -0.05) is 31.4 Å². The number of carbonyl (C=O) groups excluding carboxylic acids is 1. The van der Waals surface area contributed by atoms with E-state index in [0.717, 1.165) is 25.7 Å². The van der Waals surface area contributed by atoms with Crippen LogP contribution in [-0.2, 0) is 9.53 Å². The van der Waals surface area contributed by atoms with Gasteiger partial charge in [0.25, 0.3) is 0 Å². The number of hydrogen-bond acceptors (Lipinski definition) is 3. The van der Waals surface area contributed by atoms with Gasteiger partial charge in [-0.15, -0.1) is 0 Å². The number of unbranched alkanes of at least 4 members (excludes halogenated alkanes) is 4. The first-order valence-electron chi connectivity index (χ1n) is 6.06. The molecule has 1 unspecified atom stereocenters. The average molecular weight is 228 g/mol. The first-order valence-corrected chi connectivity index (χ1v) is 6.06. The predicted molar refractivity (Wildman–Crippen MR) is 65.2 cm³/mol. The van der Waals surface area contributed by atoms with Crippen molar-refractivity contribution < 1.29 is 14.6 Å². The van der Waals surface area contributed by atoms with Gasteiger partial charge in [-0.25, -0.2) is 0 Å². The highest BCUT2D eigenvalue weighted by molar-refractivity contribution is 5.70. The van der Waals surface area contributed by atoms with Gasteiger partial charge in [-0.05, 0) is 26.2 Å². The van der Waals surface area contributed by atoms with Crippen molar-refractivity contribution in [3.63, 3.8) is 0 Å². The summed E-state index contributed by atoms with van der Waals surface area (Å²) < 4.78 is 4.52. The number of hydrogen-bond donors (Lipinski definition) is 1. The van der Waals surface area contributed by atoms with Gasteiger partial charge in [0.15, 0.2) is 0 Å². The highest BCUT2D eigenvalue weighted by atomic mass is 16.5. The zero-order chi connectivity index (χ0) is 12.2. The number of methoxy groups -OCH3 is 1. The third-order valence-corrected chi connectivity index (χ3v) is 2.42. The highest BCUT2D eigenvalue weighted by Gasteiger charge is 1.95. The van der Waals surface area contributed by atoms with Crippen LogP contribution in [0.3, 0.4) is 0 Å². The van der Waals surface area contributed by atoms with E-state index in [9.17, 15) is 4.79 Å². The van der Waals surface area contributed by atoms with Crippen molar-refractivity contribution in [2.24, 2.45) is 0 Å². The molecule has 0 aliphatic heterocycles. The minimum Gasteiger partial charge on any atom is -0.469 e. The fourth-order valence-corrected chi connectivity index (χ4v) is 1.44. The number of allylic oxidation sites excluding steroid dienone is 1. The van der Waals surface area contributed by atoms with E-state index in [4.69, 9.17) is 5.11 Å². The summed E-state index contributed by atoms with van der Waals surface area (Å²) in [7, 11) is 1.40. The molecule has 0 aromatic heterocycles. The first kappa shape index (κ1) is 15.2. The Kier molecular flexibility index (Phi) is 10.1. The third-order valence-electron chi connectivity index (χ3n) is 2.42. The Morgan fingerprint density at radius 2 is 1.94 bits per heavy atom. The third kappa shape index (κ3) is 11.2. The molecule has 3 heteroatoms. The summed E-state index contributed by atoms with van der Waals surface area (Å²) in [4.78, 5) is 10.8. The normalized spacial score (nSPS) is 12.9. The van der Waals surface area contributed by atoms with Crippen molar-refractivity contribution in [3.8, 4) is 0 Å². The maximum Gasteiger partial charge on any atom is 0.309 e. The van der Waals surface area contributed by atoms with Gasteiger partial charge in [0.1, 0.15) is 0 Å². The van der Waals surface area contributed by atoms with Crippen LogP contribution in [0.5, 0.6) is 0 Å². The minimum atomic E-state index is -0.187. The summed E-state index contributed by atoms with van der Waals surface area (Å²) in [5.41, 5.74) is 0. The van der Waals surface area contributed by atoms with E-state index in [0.29, 0.717) is 6.42 Å². The molecule has 0 saturated heterocycles. The smallest absolute Gasteiger partial charge is 0.309 e. The molecule has 0 aliphatic carbocycles. The standard InChI is InChI=1S/C13H24O3/c1-12(14)10-8-6-4-3-5-7-9-11-13(15)16-2/h7,9,12,14H,3-6,8,10-11H2,1-2H3. The Labute approximate surface area is 98.5 Å². The van der Waals surface area contributed by atoms with Crippen LogP contribution in [0.25, 0.3) is 0 Å². The Morgan fingerprint density at radius 1 is 1.25 bits per heavy atom. The van der Waals surface area contributed by atoms with E-state index in [1.807, 2.05) is 19.1 Å². The van der Waals surface area contributed by atoms with Gasteiger partial charge < -0.3 is 9.84 Å². The molecular formula is C13H24O3. The zero-order valence-electron chi connectivity index (χ0n) is 10.4. The van der Waals surface area contributed by atoms with E-state index in [1.165, 1.54) is 20.0 Å². The second-order valence-corrected chi connectivity index (χ2v) is 4.09. The largest absolute Gasteiger partial charge is 0.469 e. The molecule has 3 nitrogen and oxygen atoms in total. The minimum absolute atomic E-state index is 0.167. The van der Waals surface area contributed by atoms with Crippen molar-refractivity contribution in [1.82, 2.24) is 0 Å². The van der Waals surface area contributed by atoms with E-state index in [2.05, 4.69) is 4.74 Å². The maximum atomic E-state index is 10.8. The number of esters is 1. The predicted octanol–water partition coefficient (Wildman–Crippen LogP) is 2.83. The molecule has 0 rings (SSSR count).